The zero-order valence-electron chi connectivity index (χ0n) is 12.2. The molecule has 0 fully saturated rings. The van der Waals surface area contributed by atoms with Crippen LogP contribution in [0.4, 0.5) is 5.69 Å². The number of nitrogens with one attached hydrogen (secondary N) is 1. The fourth-order valence-corrected chi connectivity index (χ4v) is 2.67. The van der Waals surface area contributed by atoms with Crippen molar-refractivity contribution in [1.82, 2.24) is 4.98 Å². The van der Waals surface area contributed by atoms with Crippen molar-refractivity contribution in [3.05, 3.63) is 52.7 Å². The van der Waals surface area contributed by atoms with E-state index in [0.717, 1.165) is 11.8 Å². The summed E-state index contributed by atoms with van der Waals surface area (Å²) in [6.07, 6.45) is 0. The molecule has 0 aliphatic heterocycles. The van der Waals surface area contributed by atoms with E-state index in [9.17, 15) is 9.59 Å². The van der Waals surface area contributed by atoms with Gasteiger partial charge in [0.1, 0.15) is 16.8 Å². The van der Waals surface area contributed by atoms with Gasteiger partial charge >= 0.3 is 0 Å². The monoisotopic (exact) mass is 345 g/mol. The highest BCUT2D eigenvalue weighted by Crippen LogP contribution is 2.23. The minimum absolute atomic E-state index is 0.0499. The van der Waals surface area contributed by atoms with E-state index in [4.69, 9.17) is 16.9 Å². The zero-order chi connectivity index (χ0) is 16.8. The predicted molar refractivity (Wildman–Crippen MR) is 89.8 cm³/mol. The number of hydrogen-bond donors (Lipinski definition) is 1. The molecule has 0 radical (unpaired) electrons. The van der Waals surface area contributed by atoms with Crippen molar-refractivity contribution in [2.75, 3.05) is 11.1 Å². The standard InChI is InChI=1S/C16H12ClN3O2S/c1-10(21)13-7-6-11(8-18)16(20-13)23-9-15(22)19-14-5-3-2-4-12(14)17/h2-7H,9H2,1H3,(H,19,22). The summed E-state index contributed by atoms with van der Waals surface area (Å²) < 4.78 is 0. The fourth-order valence-electron chi connectivity index (χ4n) is 1.71. The number of Topliss-reactive ketones (excluding diaryl/α,β-unsaturated/α-hetero) is 1. The number of anilines is 1. The van der Waals surface area contributed by atoms with E-state index in [-0.39, 0.29) is 23.1 Å². The van der Waals surface area contributed by atoms with Crippen molar-refractivity contribution in [3.63, 3.8) is 0 Å². The molecule has 2 aromatic rings. The largest absolute Gasteiger partial charge is 0.324 e. The molecule has 0 bridgehead atoms. The van der Waals surface area contributed by atoms with Crippen molar-refractivity contribution in [1.29, 1.82) is 5.26 Å². The Labute approximate surface area is 142 Å². The molecule has 1 heterocycles. The number of para-hydroxylation sites is 1. The van der Waals surface area contributed by atoms with Crippen molar-refractivity contribution in [2.45, 2.75) is 11.9 Å². The van der Waals surface area contributed by atoms with Crippen LogP contribution in [-0.4, -0.2) is 22.4 Å². The van der Waals surface area contributed by atoms with Crippen LogP contribution in [0.5, 0.6) is 0 Å². The number of amides is 1. The van der Waals surface area contributed by atoms with Gasteiger partial charge < -0.3 is 5.32 Å². The lowest BCUT2D eigenvalue weighted by molar-refractivity contribution is -0.113. The van der Waals surface area contributed by atoms with E-state index in [2.05, 4.69) is 10.3 Å². The van der Waals surface area contributed by atoms with Crippen LogP contribution < -0.4 is 5.32 Å². The van der Waals surface area contributed by atoms with Crippen molar-refractivity contribution in [2.24, 2.45) is 0 Å². The number of carbonyl (C=O) groups excluding carboxylic acids is 2. The summed E-state index contributed by atoms with van der Waals surface area (Å²) in [5.74, 6) is -0.423. The van der Waals surface area contributed by atoms with E-state index in [0.29, 0.717) is 21.3 Å². The number of carbonyl (C=O) groups is 2. The summed E-state index contributed by atoms with van der Waals surface area (Å²) >= 11 is 7.07. The highest BCUT2D eigenvalue weighted by molar-refractivity contribution is 8.00. The second kappa shape index (κ2) is 7.77. The molecule has 1 aromatic carbocycles. The molecule has 23 heavy (non-hydrogen) atoms. The molecular weight excluding hydrogens is 334 g/mol. The molecule has 1 N–H and O–H groups in total. The Morgan fingerprint density at radius 1 is 1.30 bits per heavy atom. The average Bonchev–Trinajstić information content (AvgIpc) is 2.54. The first-order valence-electron chi connectivity index (χ1n) is 6.60. The first-order valence-corrected chi connectivity index (χ1v) is 7.97. The normalized spacial score (nSPS) is 9.96. The number of nitrogens with zero attached hydrogens (tertiary/aromatic N) is 2. The molecule has 0 spiro atoms. The number of aromatic nitrogens is 1. The van der Waals surface area contributed by atoms with E-state index >= 15 is 0 Å². The molecule has 2 rings (SSSR count). The molecule has 0 aliphatic rings. The summed E-state index contributed by atoms with van der Waals surface area (Å²) in [5, 5.41) is 12.6. The lowest BCUT2D eigenvalue weighted by Crippen LogP contribution is -2.14. The van der Waals surface area contributed by atoms with Gasteiger partial charge in [0.05, 0.1) is 22.0 Å². The van der Waals surface area contributed by atoms with Crippen LogP contribution in [0.3, 0.4) is 0 Å². The number of halogens is 1. The van der Waals surface area contributed by atoms with E-state index in [1.165, 1.54) is 19.1 Å². The summed E-state index contributed by atoms with van der Waals surface area (Å²) in [6.45, 7) is 1.40. The second-order valence-electron chi connectivity index (χ2n) is 4.53. The molecule has 5 nitrogen and oxygen atoms in total. The van der Waals surface area contributed by atoms with Gasteiger partial charge in [0.15, 0.2) is 5.78 Å². The quantitative estimate of drug-likeness (QED) is 0.662. The maximum atomic E-state index is 12.0. The molecule has 0 saturated carbocycles. The molecule has 1 amide bonds. The van der Waals surface area contributed by atoms with Crippen LogP contribution in [0.2, 0.25) is 5.02 Å². The number of nitriles is 1. The summed E-state index contributed by atoms with van der Waals surface area (Å²) in [7, 11) is 0. The molecule has 0 saturated heterocycles. The van der Waals surface area contributed by atoms with Gasteiger partial charge in [-0.2, -0.15) is 5.26 Å². The van der Waals surface area contributed by atoms with Crippen LogP contribution in [0.25, 0.3) is 0 Å². The van der Waals surface area contributed by atoms with Crippen LogP contribution in [0, 0.1) is 11.3 Å². The molecule has 7 heteroatoms. The van der Waals surface area contributed by atoms with Gasteiger partial charge in [-0.15, -0.1) is 0 Å². The third kappa shape index (κ3) is 4.55. The fraction of sp³-hybridized carbons (Fsp3) is 0.125. The van der Waals surface area contributed by atoms with Crippen LogP contribution in [0.1, 0.15) is 23.0 Å². The van der Waals surface area contributed by atoms with Crippen molar-refractivity contribution >= 4 is 40.7 Å². The van der Waals surface area contributed by atoms with E-state index < -0.39 is 0 Å². The molecule has 0 unspecified atom stereocenters. The molecule has 116 valence electrons. The van der Waals surface area contributed by atoms with E-state index in [1.54, 1.807) is 24.3 Å². The molecule has 0 aliphatic carbocycles. The Morgan fingerprint density at radius 2 is 2.04 bits per heavy atom. The zero-order valence-corrected chi connectivity index (χ0v) is 13.7. The van der Waals surface area contributed by atoms with Gasteiger partial charge in [0.25, 0.3) is 0 Å². The number of benzene rings is 1. The van der Waals surface area contributed by atoms with Gasteiger partial charge in [-0.1, -0.05) is 35.5 Å². The second-order valence-corrected chi connectivity index (χ2v) is 5.91. The Morgan fingerprint density at radius 3 is 2.70 bits per heavy atom. The van der Waals surface area contributed by atoms with E-state index in [1.807, 2.05) is 6.07 Å². The van der Waals surface area contributed by atoms with Gasteiger partial charge in [0, 0.05) is 6.92 Å². The molecular formula is C16H12ClN3O2S. The Bertz CT molecular complexity index is 802. The average molecular weight is 346 g/mol. The maximum absolute atomic E-state index is 12.0. The number of pyridine rings is 1. The minimum atomic E-state index is -0.276. The SMILES string of the molecule is CC(=O)c1ccc(C#N)c(SCC(=O)Nc2ccccc2Cl)n1. The first kappa shape index (κ1) is 17.0. The third-order valence-corrected chi connectivity index (χ3v) is 4.15. The highest BCUT2D eigenvalue weighted by Gasteiger charge is 2.12. The van der Waals surface area contributed by atoms with Crippen LogP contribution in [0.15, 0.2) is 41.4 Å². The summed E-state index contributed by atoms with van der Waals surface area (Å²) in [4.78, 5) is 27.5. The van der Waals surface area contributed by atoms with Crippen molar-refractivity contribution < 1.29 is 9.59 Å². The topological polar surface area (TPSA) is 82.8 Å². The minimum Gasteiger partial charge on any atom is -0.324 e. The number of hydrogen-bond acceptors (Lipinski definition) is 5. The van der Waals surface area contributed by atoms with Crippen LogP contribution >= 0.6 is 23.4 Å². The Hall–Kier alpha value is -2.36. The number of rotatable bonds is 5. The Balaban J connectivity index is 2.07. The maximum Gasteiger partial charge on any atom is 0.234 e. The van der Waals surface area contributed by atoms with Gasteiger partial charge in [-0.05, 0) is 24.3 Å². The van der Waals surface area contributed by atoms with Gasteiger partial charge in [-0.3, -0.25) is 9.59 Å². The van der Waals surface area contributed by atoms with Gasteiger partial charge in [-0.25, -0.2) is 4.98 Å². The lowest BCUT2D eigenvalue weighted by atomic mass is 10.2. The van der Waals surface area contributed by atoms with Gasteiger partial charge in [0.2, 0.25) is 5.91 Å². The third-order valence-electron chi connectivity index (χ3n) is 2.83. The summed E-state index contributed by atoms with van der Waals surface area (Å²) in [6, 6.07) is 11.9. The predicted octanol–water partition coefficient (Wildman–Crippen LogP) is 3.54. The summed E-state index contributed by atoms with van der Waals surface area (Å²) in [5.41, 5.74) is 1.11. The number of thioether (sulfide) groups is 1. The Kier molecular flexibility index (Phi) is 5.74. The van der Waals surface area contributed by atoms with Crippen LogP contribution in [-0.2, 0) is 4.79 Å². The molecule has 0 atom stereocenters. The molecule has 1 aromatic heterocycles. The highest BCUT2D eigenvalue weighted by atomic mass is 35.5. The number of ketones is 1. The smallest absolute Gasteiger partial charge is 0.234 e. The lowest BCUT2D eigenvalue weighted by Gasteiger charge is -2.07. The first-order chi connectivity index (χ1) is 11.0. The van der Waals surface area contributed by atoms with Crippen molar-refractivity contribution in [3.8, 4) is 6.07 Å².